The van der Waals surface area contributed by atoms with E-state index < -0.39 is 0 Å². The summed E-state index contributed by atoms with van der Waals surface area (Å²) in [6.07, 6.45) is 0.942. The summed E-state index contributed by atoms with van der Waals surface area (Å²) in [5.41, 5.74) is 2.23. The maximum Gasteiger partial charge on any atom is 0.151 e. The topological polar surface area (TPSA) is 38.3 Å². The van der Waals surface area contributed by atoms with Gasteiger partial charge < -0.3 is 10.1 Å². The van der Waals surface area contributed by atoms with Crippen molar-refractivity contribution in [2.75, 3.05) is 13.7 Å². The van der Waals surface area contributed by atoms with Crippen molar-refractivity contribution in [2.45, 2.75) is 19.4 Å². The Morgan fingerprint density at radius 3 is 3.00 bits per heavy atom. The van der Waals surface area contributed by atoms with Crippen molar-refractivity contribution in [3.63, 3.8) is 0 Å². The molecule has 1 aromatic carbocycles. The number of benzene rings is 1. The number of rotatable bonds is 3. The van der Waals surface area contributed by atoms with Crippen LogP contribution in [0.25, 0.3) is 0 Å². The highest BCUT2D eigenvalue weighted by Gasteiger charge is 2.18. The van der Waals surface area contributed by atoms with Crippen LogP contribution in [0.15, 0.2) is 18.2 Å². The molecule has 1 N–H and O–H groups in total. The van der Waals surface area contributed by atoms with E-state index in [2.05, 4.69) is 11.4 Å². The highest BCUT2D eigenvalue weighted by atomic mass is 16.5. The number of carbonyl (C=O) groups excluding carboxylic acids is 1. The van der Waals surface area contributed by atoms with Gasteiger partial charge in [-0.15, -0.1) is 0 Å². The van der Waals surface area contributed by atoms with Gasteiger partial charge in [0.25, 0.3) is 0 Å². The third kappa shape index (κ3) is 1.88. The second kappa shape index (κ2) is 4.03. The number of Topliss-reactive ketones (excluding diaryl/α,β-unsaturated/α-hetero) is 1. The number of ketones is 1. The smallest absolute Gasteiger partial charge is 0.151 e. The van der Waals surface area contributed by atoms with E-state index in [1.54, 1.807) is 14.0 Å². The lowest BCUT2D eigenvalue weighted by molar-refractivity contribution is -0.119. The van der Waals surface area contributed by atoms with E-state index in [1.165, 1.54) is 5.56 Å². The van der Waals surface area contributed by atoms with Gasteiger partial charge in [0.05, 0.1) is 12.6 Å². The first-order valence-corrected chi connectivity index (χ1v) is 5.15. The molecule has 1 unspecified atom stereocenters. The molecule has 0 saturated carbocycles. The molecule has 1 aromatic rings. The molecule has 0 radical (unpaired) electrons. The van der Waals surface area contributed by atoms with Gasteiger partial charge in [0.1, 0.15) is 5.75 Å². The Labute approximate surface area is 89.4 Å². The van der Waals surface area contributed by atoms with Gasteiger partial charge in [0, 0.05) is 6.42 Å². The van der Waals surface area contributed by atoms with Crippen molar-refractivity contribution in [3.05, 3.63) is 29.3 Å². The SMILES string of the molecule is CNC(C(C)=O)c1ccc2c(c1)CCO2. The van der Waals surface area contributed by atoms with Crippen LogP contribution in [-0.2, 0) is 11.2 Å². The number of carbonyl (C=O) groups is 1. The summed E-state index contributed by atoms with van der Waals surface area (Å²) in [6.45, 7) is 2.36. The van der Waals surface area contributed by atoms with Gasteiger partial charge in [-0.3, -0.25) is 4.79 Å². The summed E-state index contributed by atoms with van der Waals surface area (Å²) in [6, 6.07) is 5.76. The van der Waals surface area contributed by atoms with E-state index in [0.29, 0.717) is 0 Å². The van der Waals surface area contributed by atoms with Gasteiger partial charge >= 0.3 is 0 Å². The molecule has 15 heavy (non-hydrogen) atoms. The largest absolute Gasteiger partial charge is 0.493 e. The standard InChI is InChI=1S/C12H15NO2/c1-8(14)12(13-2)10-3-4-11-9(7-10)5-6-15-11/h3-4,7,12-13H,5-6H2,1-2H3. The fraction of sp³-hybridized carbons (Fsp3) is 0.417. The zero-order valence-corrected chi connectivity index (χ0v) is 9.04. The Bertz CT molecular complexity index is 387. The van der Waals surface area contributed by atoms with Crippen LogP contribution in [0.5, 0.6) is 5.75 Å². The average Bonchev–Trinajstić information content (AvgIpc) is 2.65. The molecule has 80 valence electrons. The van der Waals surface area contributed by atoms with E-state index in [4.69, 9.17) is 4.74 Å². The molecule has 3 heteroatoms. The van der Waals surface area contributed by atoms with Crippen LogP contribution in [0, 0.1) is 0 Å². The van der Waals surface area contributed by atoms with Gasteiger partial charge in [0.15, 0.2) is 5.78 Å². The number of ether oxygens (including phenoxy) is 1. The maximum absolute atomic E-state index is 11.4. The molecule has 3 nitrogen and oxygen atoms in total. The molecule has 0 saturated heterocycles. The van der Waals surface area contributed by atoms with Gasteiger partial charge in [-0.2, -0.15) is 0 Å². The highest BCUT2D eigenvalue weighted by molar-refractivity contribution is 5.83. The van der Waals surface area contributed by atoms with E-state index in [-0.39, 0.29) is 11.8 Å². The predicted octanol–water partition coefficient (Wildman–Crippen LogP) is 1.47. The molecule has 2 rings (SSSR count). The predicted molar refractivity (Wildman–Crippen MR) is 58.1 cm³/mol. The summed E-state index contributed by atoms with van der Waals surface area (Å²) in [5.74, 6) is 1.09. The van der Waals surface area contributed by atoms with Crippen molar-refractivity contribution < 1.29 is 9.53 Å². The van der Waals surface area contributed by atoms with Crippen molar-refractivity contribution >= 4 is 5.78 Å². The van der Waals surface area contributed by atoms with E-state index in [0.717, 1.165) is 24.3 Å². The minimum atomic E-state index is -0.198. The van der Waals surface area contributed by atoms with Gasteiger partial charge in [-0.1, -0.05) is 6.07 Å². The van der Waals surface area contributed by atoms with Crippen LogP contribution >= 0.6 is 0 Å². The summed E-state index contributed by atoms with van der Waals surface area (Å²) < 4.78 is 5.42. The van der Waals surface area contributed by atoms with E-state index >= 15 is 0 Å². The minimum Gasteiger partial charge on any atom is -0.493 e. The molecule has 0 spiro atoms. The summed E-state index contributed by atoms with van der Waals surface area (Å²) in [5, 5.41) is 3.02. The van der Waals surface area contributed by atoms with Crippen molar-refractivity contribution in [1.82, 2.24) is 5.32 Å². The first-order valence-electron chi connectivity index (χ1n) is 5.15. The van der Waals surface area contributed by atoms with Crippen LogP contribution in [0.3, 0.4) is 0 Å². The summed E-state index contributed by atoms with van der Waals surface area (Å²) in [4.78, 5) is 11.4. The van der Waals surface area contributed by atoms with Crippen LogP contribution in [0.1, 0.15) is 24.1 Å². The van der Waals surface area contributed by atoms with Gasteiger partial charge in [-0.05, 0) is 37.2 Å². The molecule has 1 atom stereocenters. The van der Waals surface area contributed by atoms with Gasteiger partial charge in [-0.25, -0.2) is 0 Å². The number of hydrogen-bond acceptors (Lipinski definition) is 3. The molecule has 0 amide bonds. The Balaban J connectivity index is 2.32. The second-order valence-corrected chi connectivity index (χ2v) is 3.80. The van der Waals surface area contributed by atoms with E-state index in [9.17, 15) is 4.79 Å². The molecular weight excluding hydrogens is 190 g/mol. The van der Waals surface area contributed by atoms with Crippen LogP contribution < -0.4 is 10.1 Å². The lowest BCUT2D eigenvalue weighted by atomic mass is 10.0. The average molecular weight is 205 g/mol. The molecule has 0 fully saturated rings. The van der Waals surface area contributed by atoms with Crippen LogP contribution in [0.4, 0.5) is 0 Å². The molecule has 0 aliphatic carbocycles. The Morgan fingerprint density at radius 2 is 2.33 bits per heavy atom. The molecule has 0 bridgehead atoms. The van der Waals surface area contributed by atoms with Gasteiger partial charge in [0.2, 0.25) is 0 Å². The Morgan fingerprint density at radius 1 is 1.53 bits per heavy atom. The first kappa shape index (κ1) is 10.2. The zero-order valence-electron chi connectivity index (χ0n) is 9.04. The molecule has 0 aromatic heterocycles. The quantitative estimate of drug-likeness (QED) is 0.812. The Kier molecular flexibility index (Phi) is 2.73. The van der Waals surface area contributed by atoms with Crippen LogP contribution in [-0.4, -0.2) is 19.4 Å². The summed E-state index contributed by atoms with van der Waals surface area (Å²) >= 11 is 0. The van der Waals surface area contributed by atoms with E-state index in [1.807, 2.05) is 12.1 Å². The normalized spacial score (nSPS) is 15.6. The first-order chi connectivity index (χ1) is 7.22. The van der Waals surface area contributed by atoms with Crippen molar-refractivity contribution in [3.8, 4) is 5.75 Å². The molecular formula is C12H15NO2. The van der Waals surface area contributed by atoms with Crippen molar-refractivity contribution in [1.29, 1.82) is 0 Å². The number of nitrogens with one attached hydrogen (secondary N) is 1. The van der Waals surface area contributed by atoms with Crippen LogP contribution in [0.2, 0.25) is 0 Å². The number of hydrogen-bond donors (Lipinski definition) is 1. The molecule has 1 heterocycles. The minimum absolute atomic E-state index is 0.136. The zero-order chi connectivity index (χ0) is 10.8. The number of likely N-dealkylation sites (N-methyl/N-ethyl adjacent to an activating group) is 1. The fourth-order valence-corrected chi connectivity index (χ4v) is 1.99. The maximum atomic E-state index is 11.4. The van der Waals surface area contributed by atoms with Crippen molar-refractivity contribution in [2.24, 2.45) is 0 Å². The third-order valence-electron chi connectivity index (χ3n) is 2.74. The Hall–Kier alpha value is -1.35. The summed E-state index contributed by atoms with van der Waals surface area (Å²) in [7, 11) is 1.80. The molecule has 1 aliphatic heterocycles. The third-order valence-corrected chi connectivity index (χ3v) is 2.74. The monoisotopic (exact) mass is 205 g/mol. The lowest BCUT2D eigenvalue weighted by Gasteiger charge is -2.13. The second-order valence-electron chi connectivity index (χ2n) is 3.80. The fourth-order valence-electron chi connectivity index (χ4n) is 1.99. The molecule has 1 aliphatic rings. The highest BCUT2D eigenvalue weighted by Crippen LogP contribution is 2.28. The number of fused-ring (bicyclic) bond motifs is 1. The lowest BCUT2D eigenvalue weighted by Crippen LogP contribution is -2.23.